The van der Waals surface area contributed by atoms with Gasteiger partial charge >= 0.3 is 26.4 Å². The molecule has 14 nitrogen and oxygen atoms in total. The molecule has 0 saturated carbocycles. The number of carbonyl (C=O) groups is 4. The van der Waals surface area contributed by atoms with Crippen LogP contribution in [-0.4, -0.2) is 102 Å². The van der Waals surface area contributed by atoms with Crippen molar-refractivity contribution in [1.29, 1.82) is 0 Å². The summed E-state index contributed by atoms with van der Waals surface area (Å²) < 4.78 is 5.18. The van der Waals surface area contributed by atoms with Crippen LogP contribution in [0.25, 0.3) is 22.1 Å². The number of ether oxygens (including phenoxy) is 1. The molecule has 8 bridgehead atoms. The number of fused-ring (bicyclic) bond motifs is 8. The van der Waals surface area contributed by atoms with Crippen LogP contribution in [-0.2, 0) is 41.2 Å². The standard InChI is InChI=1S/C42H57N7O7.Pd/c1-10-27-21(2)30-18-35-38(25(6)51)23(4)32(46-35)16-31-22(3)28(11-12-36(53)43-13-14-49(7)8)40(47-31)29(15-37(54)56-9)41-39(42(55)44-19-26(52)20-50)24(5)33(48-41)17-34(27)45-30;/h16-18,21-22,26-28,50,52H,10-15,19-20H2,1-9H3,(H4,43,44,45,46,47,48,51,53,55);/q;+2/p-2/t21-,22+,26?,27-,28+;/m1./s1. The molecule has 0 fully saturated rings. The molecule has 2 amide bonds. The van der Waals surface area contributed by atoms with Crippen molar-refractivity contribution in [3.05, 3.63) is 68.8 Å². The summed E-state index contributed by atoms with van der Waals surface area (Å²) in [5.74, 6) is -2.04. The largest absolute Gasteiger partial charge is 2.00 e. The van der Waals surface area contributed by atoms with E-state index in [0.717, 1.165) is 17.8 Å². The Bertz CT molecular complexity index is 2160. The second-order valence-electron chi connectivity index (χ2n) is 15.3. The van der Waals surface area contributed by atoms with Gasteiger partial charge in [0, 0.05) is 83.6 Å². The number of methoxy groups -OCH3 is 1. The van der Waals surface area contributed by atoms with Gasteiger partial charge in [0.25, 0.3) is 0 Å². The van der Waals surface area contributed by atoms with Crippen LogP contribution in [0.2, 0.25) is 0 Å². The van der Waals surface area contributed by atoms with E-state index in [1.54, 1.807) is 6.92 Å². The molecule has 4 N–H and O–H groups in total. The molecular weight excluding hydrogens is 821 g/mol. The van der Waals surface area contributed by atoms with E-state index >= 15 is 0 Å². The molecule has 5 atom stereocenters. The third-order valence-electron chi connectivity index (χ3n) is 11.2. The van der Waals surface area contributed by atoms with Crippen molar-refractivity contribution in [2.24, 2.45) is 0 Å². The van der Waals surface area contributed by atoms with Crippen molar-refractivity contribution >= 4 is 45.6 Å². The van der Waals surface area contributed by atoms with Crippen molar-refractivity contribution in [2.45, 2.75) is 97.0 Å². The summed E-state index contributed by atoms with van der Waals surface area (Å²) in [6.07, 6.45) is -0.154. The second kappa shape index (κ2) is 19.5. The van der Waals surface area contributed by atoms with Crippen LogP contribution in [0.5, 0.6) is 0 Å². The predicted molar refractivity (Wildman–Crippen MR) is 213 cm³/mol. The summed E-state index contributed by atoms with van der Waals surface area (Å²) in [5.41, 5.74) is 6.78. The number of aryl methyl sites for hydroxylation is 2. The maximum absolute atomic E-state index is 14.1. The quantitative estimate of drug-likeness (QED) is 0.104. The van der Waals surface area contributed by atoms with Crippen LogP contribution in [0.4, 0.5) is 0 Å². The Kier molecular flexibility index (Phi) is 15.5. The van der Waals surface area contributed by atoms with Crippen molar-refractivity contribution < 1.29 is 54.6 Å². The molecule has 1 unspecified atom stereocenters. The van der Waals surface area contributed by atoms with E-state index in [0.29, 0.717) is 69.7 Å². The summed E-state index contributed by atoms with van der Waals surface area (Å²) in [5, 5.41) is 25.3. The van der Waals surface area contributed by atoms with Crippen LogP contribution in [0.15, 0.2) is 18.2 Å². The number of hydrogen-bond donors (Lipinski definition) is 4. The van der Waals surface area contributed by atoms with Gasteiger partial charge in [-0.15, -0.1) is 22.1 Å². The summed E-state index contributed by atoms with van der Waals surface area (Å²) in [7, 11) is 5.15. The number of esters is 1. The number of hydrogen-bond acceptors (Lipinski definition) is 10. The molecule has 2 aliphatic heterocycles. The molecule has 57 heavy (non-hydrogen) atoms. The van der Waals surface area contributed by atoms with Gasteiger partial charge in [0.2, 0.25) is 11.8 Å². The first-order chi connectivity index (χ1) is 26.6. The Balaban J connectivity index is 0.00000720. The average molecular weight is 876 g/mol. The van der Waals surface area contributed by atoms with Crippen molar-refractivity contribution in [3.8, 4) is 0 Å². The minimum atomic E-state index is -1.19. The van der Waals surface area contributed by atoms with Gasteiger partial charge in [-0.3, -0.25) is 29.1 Å². The van der Waals surface area contributed by atoms with Crippen LogP contribution >= 0.6 is 0 Å². The molecule has 310 valence electrons. The van der Waals surface area contributed by atoms with Gasteiger partial charge in [-0.25, -0.2) is 0 Å². The predicted octanol–water partition coefficient (Wildman–Crippen LogP) is 3.83. The molecule has 5 heterocycles. The smallest absolute Gasteiger partial charge is 0.657 e. The summed E-state index contributed by atoms with van der Waals surface area (Å²) >= 11 is 0. The number of aliphatic hydroxyl groups excluding tert-OH is 2. The number of likely N-dealkylation sites (N-methyl/N-ethyl adjacent to an activating group) is 1. The minimum Gasteiger partial charge on any atom is -0.657 e. The van der Waals surface area contributed by atoms with Crippen molar-refractivity contribution in [3.63, 3.8) is 0 Å². The molecule has 15 heteroatoms. The van der Waals surface area contributed by atoms with Gasteiger partial charge in [0.05, 0.1) is 26.2 Å². The van der Waals surface area contributed by atoms with E-state index in [1.807, 2.05) is 51.0 Å². The molecule has 0 radical (unpaired) electrons. The maximum atomic E-state index is 14.1. The van der Waals surface area contributed by atoms with E-state index in [9.17, 15) is 29.4 Å². The number of carbonyl (C=O) groups excluding carboxylic acids is 4. The second-order valence-corrected chi connectivity index (χ2v) is 15.3. The van der Waals surface area contributed by atoms with Gasteiger partial charge in [-0.2, -0.15) is 0 Å². The van der Waals surface area contributed by atoms with Crippen LogP contribution in [0.3, 0.4) is 0 Å². The zero-order valence-electron chi connectivity index (χ0n) is 34.3. The minimum absolute atomic E-state index is 0. The van der Waals surface area contributed by atoms with Crippen molar-refractivity contribution in [1.82, 2.24) is 35.5 Å². The Hall–Kier alpha value is -4.26. The molecule has 3 aromatic heterocycles. The van der Waals surface area contributed by atoms with Gasteiger partial charge in [0.1, 0.15) is 0 Å². The molecule has 0 spiro atoms. The fourth-order valence-corrected chi connectivity index (χ4v) is 7.84. The van der Waals surface area contributed by atoms with Crippen LogP contribution < -0.4 is 20.6 Å². The number of rotatable bonds is 14. The molecule has 0 saturated heterocycles. The normalized spacial score (nSPS) is 18.2. The molecule has 0 aliphatic carbocycles. The Labute approximate surface area is 347 Å². The van der Waals surface area contributed by atoms with Gasteiger partial charge in [-0.05, 0) is 53.3 Å². The first kappa shape index (κ1) is 45.4. The summed E-state index contributed by atoms with van der Waals surface area (Å²) in [6.45, 7) is 11.8. The monoisotopic (exact) mass is 875 g/mol. The van der Waals surface area contributed by atoms with E-state index in [-0.39, 0.29) is 86.3 Å². The van der Waals surface area contributed by atoms with Crippen LogP contribution in [0, 0.1) is 13.8 Å². The van der Waals surface area contributed by atoms with Crippen LogP contribution in [0.1, 0.15) is 131 Å². The Morgan fingerprint density at radius 1 is 0.912 bits per heavy atom. The first-order valence-corrected chi connectivity index (χ1v) is 19.3. The fraction of sp³-hybridized carbons (Fsp3) is 0.524. The van der Waals surface area contributed by atoms with E-state index in [2.05, 4.69) is 24.5 Å². The number of aromatic nitrogens is 4. The summed E-state index contributed by atoms with van der Waals surface area (Å²) in [4.78, 5) is 75.9. The van der Waals surface area contributed by atoms with Crippen molar-refractivity contribution in [2.75, 3.05) is 47.4 Å². The number of ketones is 1. The number of amides is 2. The molecule has 5 rings (SSSR count). The van der Waals surface area contributed by atoms with E-state index in [4.69, 9.17) is 24.7 Å². The topological polar surface area (TPSA) is 199 Å². The molecule has 3 aromatic rings. The van der Waals surface area contributed by atoms with Gasteiger partial charge < -0.3 is 40.5 Å². The molecule has 0 aromatic carbocycles. The molecule has 2 aliphatic rings. The fourth-order valence-electron chi connectivity index (χ4n) is 7.84. The average Bonchev–Trinajstić information content (AvgIpc) is 3.84. The number of aliphatic hydroxyl groups is 2. The maximum Gasteiger partial charge on any atom is 2.00 e. The molecular formula is C42H55N7O7Pd. The zero-order valence-corrected chi connectivity index (χ0v) is 35.8. The zero-order chi connectivity index (χ0) is 41.0. The third kappa shape index (κ3) is 9.90. The first-order valence-electron chi connectivity index (χ1n) is 19.3. The van der Waals surface area contributed by atoms with E-state index in [1.165, 1.54) is 14.0 Å². The van der Waals surface area contributed by atoms with Gasteiger partial charge in [-0.1, -0.05) is 50.1 Å². The third-order valence-corrected chi connectivity index (χ3v) is 11.2. The SMILES string of the molecule is CC[C@H]1c2cc3[n-]c(c(CC(=O)OC)c4nc(cc5[n-]c(cc(n2)[C@@H]1C)c(C(C)=O)c5C)[C@@H](C)[C@@H]4CCC(=O)NCCN(C)C)c(C(=O)NCC(O)CO)c3C.[Pd+2]. The van der Waals surface area contributed by atoms with E-state index < -0.39 is 24.6 Å². The number of Topliss-reactive ketones (excluding diaryl/α,β-unsaturated/α-hetero) is 1. The number of nitrogens with one attached hydrogen (secondary N) is 2. The number of nitrogens with zero attached hydrogens (tertiary/aromatic N) is 5. The summed E-state index contributed by atoms with van der Waals surface area (Å²) in [6, 6.07) is 5.62. The Morgan fingerprint density at radius 3 is 2.16 bits per heavy atom. The van der Waals surface area contributed by atoms with Gasteiger partial charge in [0.15, 0.2) is 5.78 Å². The Morgan fingerprint density at radius 2 is 1.53 bits per heavy atom.